The fourth-order valence-electron chi connectivity index (χ4n) is 1.85. The Bertz CT molecular complexity index is 538. The van der Waals surface area contributed by atoms with Gasteiger partial charge in [-0.1, -0.05) is 28.9 Å². The van der Waals surface area contributed by atoms with Gasteiger partial charge in [0.05, 0.1) is 13.2 Å². The molecule has 1 aromatic heterocycles. The second-order valence-electron chi connectivity index (χ2n) is 4.05. The lowest BCUT2D eigenvalue weighted by atomic mass is 10.2. The maximum absolute atomic E-state index is 5.93. The Kier molecular flexibility index (Phi) is 3.27. The molecule has 3 rings (SSSR count). The van der Waals surface area contributed by atoms with Crippen LogP contribution in [0.3, 0.4) is 0 Å². The molecular weight excluding hydrogens is 254 g/mol. The minimum atomic E-state index is -0.0285. The Morgan fingerprint density at radius 1 is 1.39 bits per heavy atom. The van der Waals surface area contributed by atoms with Crippen molar-refractivity contribution in [2.75, 3.05) is 19.8 Å². The standard InChI is InChI=1S/C12H12ClN3O2/c13-9-3-1-2-8(6-9)11-15-12(18-16-11)10-7-17-5-4-14-10/h1-3,6,10,14H,4-5,7H2. The minimum absolute atomic E-state index is 0.0285. The summed E-state index contributed by atoms with van der Waals surface area (Å²) in [5, 5.41) is 7.88. The molecule has 6 heteroatoms. The highest BCUT2D eigenvalue weighted by Gasteiger charge is 2.21. The molecule has 2 heterocycles. The normalized spacial score (nSPS) is 19.9. The zero-order valence-electron chi connectivity index (χ0n) is 9.60. The van der Waals surface area contributed by atoms with Gasteiger partial charge in [0.25, 0.3) is 0 Å². The van der Waals surface area contributed by atoms with E-state index in [-0.39, 0.29) is 6.04 Å². The molecule has 1 fully saturated rings. The summed E-state index contributed by atoms with van der Waals surface area (Å²) < 4.78 is 10.6. The number of nitrogens with one attached hydrogen (secondary N) is 1. The second kappa shape index (κ2) is 5.06. The largest absolute Gasteiger partial charge is 0.378 e. The highest BCUT2D eigenvalue weighted by atomic mass is 35.5. The summed E-state index contributed by atoms with van der Waals surface area (Å²) in [7, 11) is 0. The number of hydrogen-bond donors (Lipinski definition) is 1. The van der Waals surface area contributed by atoms with Gasteiger partial charge in [0.15, 0.2) is 0 Å². The molecule has 1 atom stereocenters. The van der Waals surface area contributed by atoms with E-state index in [1.807, 2.05) is 18.2 Å². The van der Waals surface area contributed by atoms with Gasteiger partial charge in [-0.15, -0.1) is 0 Å². The van der Waals surface area contributed by atoms with Gasteiger partial charge < -0.3 is 14.6 Å². The predicted molar refractivity (Wildman–Crippen MR) is 66.3 cm³/mol. The van der Waals surface area contributed by atoms with Crippen molar-refractivity contribution >= 4 is 11.6 Å². The summed E-state index contributed by atoms with van der Waals surface area (Å²) >= 11 is 5.93. The number of benzene rings is 1. The third-order valence-corrected chi connectivity index (χ3v) is 2.98. The van der Waals surface area contributed by atoms with Crippen molar-refractivity contribution in [2.24, 2.45) is 0 Å². The highest BCUT2D eigenvalue weighted by Crippen LogP contribution is 2.22. The average molecular weight is 266 g/mol. The number of rotatable bonds is 2. The van der Waals surface area contributed by atoms with Crippen LogP contribution < -0.4 is 5.32 Å². The average Bonchev–Trinajstić information content (AvgIpc) is 2.89. The van der Waals surface area contributed by atoms with Crippen LogP contribution in [-0.2, 0) is 4.74 Å². The molecule has 18 heavy (non-hydrogen) atoms. The number of hydrogen-bond acceptors (Lipinski definition) is 5. The molecule has 5 nitrogen and oxygen atoms in total. The number of halogens is 1. The summed E-state index contributed by atoms with van der Waals surface area (Å²) in [6, 6.07) is 7.34. The number of aromatic nitrogens is 2. The summed E-state index contributed by atoms with van der Waals surface area (Å²) in [4.78, 5) is 4.37. The van der Waals surface area contributed by atoms with E-state index in [0.29, 0.717) is 30.0 Å². The van der Waals surface area contributed by atoms with Crippen molar-refractivity contribution < 1.29 is 9.26 Å². The summed E-state index contributed by atoms with van der Waals surface area (Å²) in [5.41, 5.74) is 0.842. The summed E-state index contributed by atoms with van der Waals surface area (Å²) in [6.07, 6.45) is 0. The topological polar surface area (TPSA) is 60.2 Å². The van der Waals surface area contributed by atoms with Crippen LogP contribution in [0, 0.1) is 0 Å². The van der Waals surface area contributed by atoms with E-state index in [1.54, 1.807) is 6.07 Å². The van der Waals surface area contributed by atoms with Crippen molar-refractivity contribution in [3.8, 4) is 11.4 Å². The van der Waals surface area contributed by atoms with Crippen molar-refractivity contribution in [3.63, 3.8) is 0 Å². The molecular formula is C12H12ClN3O2. The molecule has 1 aliphatic heterocycles. The number of nitrogens with zero attached hydrogens (tertiary/aromatic N) is 2. The fraction of sp³-hybridized carbons (Fsp3) is 0.333. The van der Waals surface area contributed by atoms with E-state index < -0.39 is 0 Å². The van der Waals surface area contributed by atoms with Gasteiger partial charge in [-0.05, 0) is 12.1 Å². The molecule has 0 radical (unpaired) electrons. The molecule has 2 aromatic rings. The Morgan fingerprint density at radius 3 is 3.11 bits per heavy atom. The van der Waals surface area contributed by atoms with E-state index in [0.717, 1.165) is 12.1 Å². The van der Waals surface area contributed by atoms with Gasteiger partial charge in [-0.3, -0.25) is 0 Å². The summed E-state index contributed by atoms with van der Waals surface area (Å²) in [5.74, 6) is 1.09. The molecule has 0 bridgehead atoms. The highest BCUT2D eigenvalue weighted by molar-refractivity contribution is 6.30. The van der Waals surface area contributed by atoms with Crippen LogP contribution in [0.5, 0.6) is 0 Å². The monoisotopic (exact) mass is 265 g/mol. The Morgan fingerprint density at radius 2 is 2.33 bits per heavy atom. The Balaban J connectivity index is 1.84. The lowest BCUT2D eigenvalue weighted by Crippen LogP contribution is -2.34. The third kappa shape index (κ3) is 2.38. The van der Waals surface area contributed by atoms with Crippen LogP contribution in [0.4, 0.5) is 0 Å². The molecule has 1 unspecified atom stereocenters. The van der Waals surface area contributed by atoms with Crippen LogP contribution in [0.25, 0.3) is 11.4 Å². The van der Waals surface area contributed by atoms with E-state index in [2.05, 4.69) is 15.5 Å². The van der Waals surface area contributed by atoms with Gasteiger partial charge in [0.1, 0.15) is 6.04 Å². The Labute approximate surface area is 109 Å². The molecule has 1 aliphatic rings. The zero-order chi connectivity index (χ0) is 12.4. The van der Waals surface area contributed by atoms with Crippen LogP contribution in [0.1, 0.15) is 11.9 Å². The molecule has 94 valence electrons. The van der Waals surface area contributed by atoms with Gasteiger partial charge >= 0.3 is 0 Å². The maximum atomic E-state index is 5.93. The Hall–Kier alpha value is -1.43. The smallest absolute Gasteiger partial charge is 0.246 e. The summed E-state index contributed by atoms with van der Waals surface area (Å²) in [6.45, 7) is 2.06. The zero-order valence-corrected chi connectivity index (χ0v) is 10.4. The molecule has 1 aromatic carbocycles. The molecule has 1 saturated heterocycles. The first-order valence-electron chi connectivity index (χ1n) is 5.73. The van der Waals surface area contributed by atoms with Gasteiger partial charge in [0, 0.05) is 17.1 Å². The van der Waals surface area contributed by atoms with Gasteiger partial charge in [0.2, 0.25) is 11.7 Å². The van der Waals surface area contributed by atoms with Crippen molar-refractivity contribution in [2.45, 2.75) is 6.04 Å². The quantitative estimate of drug-likeness (QED) is 0.901. The maximum Gasteiger partial charge on any atom is 0.246 e. The number of morpholine rings is 1. The van der Waals surface area contributed by atoms with Crippen LogP contribution in [0.2, 0.25) is 5.02 Å². The predicted octanol–water partition coefficient (Wildman–Crippen LogP) is 2.05. The first-order valence-corrected chi connectivity index (χ1v) is 6.11. The van der Waals surface area contributed by atoms with Crippen molar-refractivity contribution in [3.05, 3.63) is 35.2 Å². The first kappa shape index (κ1) is 11.6. The number of ether oxygens (including phenoxy) is 1. The minimum Gasteiger partial charge on any atom is -0.378 e. The van der Waals surface area contributed by atoms with Gasteiger partial charge in [-0.25, -0.2) is 0 Å². The van der Waals surface area contributed by atoms with E-state index in [1.165, 1.54) is 0 Å². The second-order valence-corrected chi connectivity index (χ2v) is 4.48. The van der Waals surface area contributed by atoms with Gasteiger partial charge in [-0.2, -0.15) is 4.98 Å². The van der Waals surface area contributed by atoms with Crippen molar-refractivity contribution in [1.29, 1.82) is 0 Å². The lowest BCUT2D eigenvalue weighted by molar-refractivity contribution is 0.0659. The SMILES string of the molecule is Clc1cccc(-c2noc(C3COCCN3)n2)c1. The van der Waals surface area contributed by atoms with Crippen LogP contribution in [-0.4, -0.2) is 29.9 Å². The first-order chi connectivity index (χ1) is 8.83. The van der Waals surface area contributed by atoms with E-state index in [4.69, 9.17) is 20.9 Å². The van der Waals surface area contributed by atoms with Crippen molar-refractivity contribution in [1.82, 2.24) is 15.5 Å². The van der Waals surface area contributed by atoms with E-state index >= 15 is 0 Å². The molecule has 0 saturated carbocycles. The molecule has 0 aliphatic carbocycles. The third-order valence-electron chi connectivity index (χ3n) is 2.74. The van der Waals surface area contributed by atoms with E-state index in [9.17, 15) is 0 Å². The lowest BCUT2D eigenvalue weighted by Gasteiger charge is -2.20. The fourth-order valence-corrected chi connectivity index (χ4v) is 2.04. The molecule has 0 amide bonds. The molecule has 1 N–H and O–H groups in total. The molecule has 0 spiro atoms. The van der Waals surface area contributed by atoms with Crippen LogP contribution in [0.15, 0.2) is 28.8 Å². The van der Waals surface area contributed by atoms with Crippen LogP contribution >= 0.6 is 11.6 Å².